The molecule has 1 aromatic carbocycles. The van der Waals surface area contributed by atoms with Gasteiger partial charge in [0.05, 0.1) is 18.6 Å². The molecule has 0 saturated carbocycles. The number of hydrogen-bond donors (Lipinski definition) is 1. The van der Waals surface area contributed by atoms with E-state index in [2.05, 4.69) is 9.97 Å². The van der Waals surface area contributed by atoms with Crippen molar-refractivity contribution in [2.24, 2.45) is 0 Å². The lowest BCUT2D eigenvalue weighted by Crippen LogP contribution is -1.90. The lowest BCUT2D eigenvalue weighted by Gasteiger charge is -2.06. The maximum absolute atomic E-state index is 5.72. The minimum atomic E-state index is 0.432. The van der Waals surface area contributed by atoms with Crippen LogP contribution in [0.25, 0.3) is 11.4 Å². The number of alkyl halides is 1. The first-order valence-corrected chi connectivity index (χ1v) is 5.53. The molecule has 2 aromatic rings. The molecular formula is C12H13ClN2O. The van der Waals surface area contributed by atoms with Gasteiger partial charge in [-0.15, -0.1) is 11.6 Å². The van der Waals surface area contributed by atoms with E-state index in [-0.39, 0.29) is 0 Å². The molecule has 2 rings (SSSR count). The van der Waals surface area contributed by atoms with E-state index in [1.807, 2.05) is 25.1 Å². The average Bonchev–Trinajstić information content (AvgIpc) is 2.77. The quantitative estimate of drug-likeness (QED) is 0.832. The van der Waals surface area contributed by atoms with Crippen LogP contribution in [0, 0.1) is 6.92 Å². The summed E-state index contributed by atoms with van der Waals surface area (Å²) in [6, 6.07) is 6.00. The number of nitrogens with one attached hydrogen (secondary N) is 1. The van der Waals surface area contributed by atoms with E-state index in [1.54, 1.807) is 13.3 Å². The molecule has 0 aliphatic rings. The van der Waals surface area contributed by atoms with Gasteiger partial charge in [0.15, 0.2) is 0 Å². The number of aryl methyl sites for hydroxylation is 1. The van der Waals surface area contributed by atoms with E-state index in [9.17, 15) is 0 Å². The predicted octanol–water partition coefficient (Wildman–Crippen LogP) is 3.13. The maximum atomic E-state index is 5.72. The first-order chi connectivity index (χ1) is 7.74. The largest absolute Gasteiger partial charge is 0.496 e. The van der Waals surface area contributed by atoms with Crippen molar-refractivity contribution in [1.82, 2.24) is 9.97 Å². The molecule has 3 nitrogen and oxygen atoms in total. The Bertz CT molecular complexity index is 494. The van der Waals surface area contributed by atoms with Crippen LogP contribution < -0.4 is 4.74 Å². The summed E-state index contributed by atoms with van der Waals surface area (Å²) >= 11 is 5.72. The van der Waals surface area contributed by atoms with Crippen LogP contribution in [-0.2, 0) is 5.88 Å². The van der Waals surface area contributed by atoms with Crippen LogP contribution >= 0.6 is 11.6 Å². The van der Waals surface area contributed by atoms with E-state index in [1.165, 1.54) is 0 Å². The summed E-state index contributed by atoms with van der Waals surface area (Å²) in [5.74, 6) is 2.03. The Balaban J connectivity index is 2.46. The van der Waals surface area contributed by atoms with Crippen molar-refractivity contribution in [3.05, 3.63) is 35.7 Å². The van der Waals surface area contributed by atoms with Gasteiger partial charge in [-0.25, -0.2) is 4.98 Å². The SMILES string of the molecule is COc1cc(C)ccc1-c1ncc(CCl)[nH]1. The Morgan fingerprint density at radius 3 is 2.88 bits per heavy atom. The number of imidazole rings is 1. The van der Waals surface area contributed by atoms with Crippen LogP contribution in [0.5, 0.6) is 5.75 Å². The molecule has 4 heteroatoms. The van der Waals surface area contributed by atoms with Crippen molar-refractivity contribution >= 4 is 11.6 Å². The normalized spacial score (nSPS) is 10.4. The van der Waals surface area contributed by atoms with Crippen LogP contribution in [0.15, 0.2) is 24.4 Å². The molecule has 1 aromatic heterocycles. The molecule has 0 bridgehead atoms. The second-order valence-corrected chi connectivity index (χ2v) is 3.86. The molecule has 1 N–H and O–H groups in total. The zero-order valence-corrected chi connectivity index (χ0v) is 10.0. The monoisotopic (exact) mass is 236 g/mol. The third kappa shape index (κ3) is 2.04. The number of halogens is 1. The lowest BCUT2D eigenvalue weighted by molar-refractivity contribution is 0.416. The van der Waals surface area contributed by atoms with Crippen molar-refractivity contribution < 1.29 is 4.74 Å². The highest BCUT2D eigenvalue weighted by Gasteiger charge is 2.09. The Morgan fingerprint density at radius 1 is 1.44 bits per heavy atom. The van der Waals surface area contributed by atoms with Crippen molar-refractivity contribution in [2.45, 2.75) is 12.8 Å². The van der Waals surface area contributed by atoms with Crippen LogP contribution in [0.3, 0.4) is 0 Å². The highest BCUT2D eigenvalue weighted by atomic mass is 35.5. The molecule has 0 spiro atoms. The van der Waals surface area contributed by atoms with Crippen LogP contribution in [0.1, 0.15) is 11.3 Å². The van der Waals surface area contributed by atoms with Crippen LogP contribution in [0.2, 0.25) is 0 Å². The summed E-state index contributed by atoms with van der Waals surface area (Å²) < 4.78 is 5.33. The standard InChI is InChI=1S/C12H13ClN2O/c1-8-3-4-10(11(5-8)16-2)12-14-7-9(6-13)15-12/h3-5,7H,6H2,1-2H3,(H,14,15). The summed E-state index contributed by atoms with van der Waals surface area (Å²) in [6.45, 7) is 2.03. The summed E-state index contributed by atoms with van der Waals surface area (Å²) in [5.41, 5.74) is 3.01. The molecule has 0 radical (unpaired) electrons. The molecule has 0 unspecified atom stereocenters. The zero-order chi connectivity index (χ0) is 11.5. The van der Waals surface area contributed by atoms with Gasteiger partial charge in [-0.1, -0.05) is 6.07 Å². The van der Waals surface area contributed by atoms with Crippen LogP contribution in [0.4, 0.5) is 0 Å². The van der Waals surface area contributed by atoms with Gasteiger partial charge in [0.25, 0.3) is 0 Å². The van der Waals surface area contributed by atoms with Gasteiger partial charge < -0.3 is 9.72 Å². The number of methoxy groups -OCH3 is 1. The number of rotatable bonds is 3. The molecule has 0 fully saturated rings. The molecule has 0 atom stereocenters. The molecule has 1 heterocycles. The van der Waals surface area contributed by atoms with E-state index in [0.29, 0.717) is 5.88 Å². The summed E-state index contributed by atoms with van der Waals surface area (Å²) in [4.78, 5) is 7.43. The molecule has 0 aliphatic heterocycles. The number of aromatic amines is 1. The van der Waals surface area contributed by atoms with Gasteiger partial charge in [-0.2, -0.15) is 0 Å². The van der Waals surface area contributed by atoms with E-state index < -0.39 is 0 Å². The van der Waals surface area contributed by atoms with Crippen LogP contribution in [-0.4, -0.2) is 17.1 Å². The Kier molecular flexibility index (Phi) is 3.15. The van der Waals surface area contributed by atoms with Gasteiger partial charge in [0.2, 0.25) is 0 Å². The topological polar surface area (TPSA) is 37.9 Å². The number of ether oxygens (including phenoxy) is 1. The fraction of sp³-hybridized carbons (Fsp3) is 0.250. The highest BCUT2D eigenvalue weighted by Crippen LogP contribution is 2.28. The van der Waals surface area contributed by atoms with Crippen molar-refractivity contribution in [3.8, 4) is 17.1 Å². The Hall–Kier alpha value is -1.48. The third-order valence-electron chi connectivity index (χ3n) is 2.38. The first-order valence-electron chi connectivity index (χ1n) is 4.99. The number of aromatic nitrogens is 2. The molecule has 0 amide bonds. The highest BCUT2D eigenvalue weighted by molar-refractivity contribution is 6.16. The summed E-state index contributed by atoms with van der Waals surface area (Å²) in [7, 11) is 1.66. The fourth-order valence-corrected chi connectivity index (χ4v) is 1.69. The molecule has 0 aliphatic carbocycles. The minimum Gasteiger partial charge on any atom is -0.496 e. The number of hydrogen-bond acceptors (Lipinski definition) is 2. The molecular weight excluding hydrogens is 224 g/mol. The van der Waals surface area contributed by atoms with Crippen molar-refractivity contribution in [3.63, 3.8) is 0 Å². The Morgan fingerprint density at radius 2 is 2.25 bits per heavy atom. The van der Waals surface area contributed by atoms with Gasteiger partial charge >= 0.3 is 0 Å². The predicted molar refractivity (Wildman–Crippen MR) is 64.9 cm³/mol. The minimum absolute atomic E-state index is 0.432. The van der Waals surface area contributed by atoms with E-state index in [0.717, 1.165) is 28.4 Å². The fourth-order valence-electron chi connectivity index (χ4n) is 1.56. The number of nitrogens with zero attached hydrogens (tertiary/aromatic N) is 1. The Labute approximate surface area is 99.4 Å². The second kappa shape index (κ2) is 4.58. The smallest absolute Gasteiger partial charge is 0.141 e. The third-order valence-corrected chi connectivity index (χ3v) is 2.67. The van der Waals surface area contributed by atoms with Gasteiger partial charge in [-0.3, -0.25) is 0 Å². The van der Waals surface area contributed by atoms with E-state index >= 15 is 0 Å². The molecule has 0 saturated heterocycles. The average molecular weight is 237 g/mol. The molecule has 16 heavy (non-hydrogen) atoms. The molecule has 84 valence electrons. The lowest BCUT2D eigenvalue weighted by atomic mass is 10.1. The van der Waals surface area contributed by atoms with Gasteiger partial charge in [-0.05, 0) is 24.6 Å². The van der Waals surface area contributed by atoms with Gasteiger partial charge in [0.1, 0.15) is 11.6 Å². The number of H-pyrrole nitrogens is 1. The van der Waals surface area contributed by atoms with E-state index in [4.69, 9.17) is 16.3 Å². The van der Waals surface area contributed by atoms with Crippen molar-refractivity contribution in [1.29, 1.82) is 0 Å². The number of benzene rings is 1. The summed E-state index contributed by atoms with van der Waals surface area (Å²) in [6.07, 6.45) is 1.74. The maximum Gasteiger partial charge on any atom is 0.141 e. The summed E-state index contributed by atoms with van der Waals surface area (Å²) in [5, 5.41) is 0. The van der Waals surface area contributed by atoms with Gasteiger partial charge in [0, 0.05) is 11.9 Å². The zero-order valence-electron chi connectivity index (χ0n) is 9.25. The van der Waals surface area contributed by atoms with Crippen molar-refractivity contribution in [2.75, 3.05) is 7.11 Å². The first kappa shape index (κ1) is 11.0. The second-order valence-electron chi connectivity index (χ2n) is 3.59.